The SMILES string of the molecule is CCCC1NC(=O)C(C(C)C)N(C(C)(C)CC)C1=O. The highest BCUT2D eigenvalue weighted by Gasteiger charge is 2.46. The molecule has 1 aliphatic rings. The number of carbonyl (C=O) groups excluding carboxylic acids is 2. The summed E-state index contributed by atoms with van der Waals surface area (Å²) in [5, 5.41) is 2.89. The zero-order chi connectivity index (χ0) is 14.8. The van der Waals surface area contributed by atoms with Gasteiger partial charge in [0.05, 0.1) is 0 Å². The number of hydrogen-bond acceptors (Lipinski definition) is 2. The molecule has 1 heterocycles. The Morgan fingerprint density at radius 3 is 2.26 bits per heavy atom. The average molecular weight is 268 g/mol. The largest absolute Gasteiger partial charge is 0.342 e. The smallest absolute Gasteiger partial charge is 0.246 e. The van der Waals surface area contributed by atoms with Crippen LogP contribution in [0.25, 0.3) is 0 Å². The summed E-state index contributed by atoms with van der Waals surface area (Å²) in [6, 6.07) is -0.700. The van der Waals surface area contributed by atoms with Crippen molar-refractivity contribution in [2.45, 2.75) is 78.4 Å². The number of hydrogen-bond donors (Lipinski definition) is 1. The molecule has 0 aromatic carbocycles. The summed E-state index contributed by atoms with van der Waals surface area (Å²) in [5.41, 5.74) is -0.282. The van der Waals surface area contributed by atoms with Crippen LogP contribution in [0.4, 0.5) is 0 Å². The first-order valence-corrected chi connectivity index (χ1v) is 7.39. The van der Waals surface area contributed by atoms with E-state index in [9.17, 15) is 9.59 Å². The second-order valence-corrected chi connectivity index (χ2v) is 6.41. The van der Waals surface area contributed by atoms with E-state index in [1.165, 1.54) is 0 Å². The first-order valence-electron chi connectivity index (χ1n) is 7.39. The Balaban J connectivity index is 3.14. The molecule has 0 aromatic rings. The molecule has 2 unspecified atom stereocenters. The Labute approximate surface area is 116 Å². The number of carbonyl (C=O) groups is 2. The van der Waals surface area contributed by atoms with Crippen molar-refractivity contribution in [3.63, 3.8) is 0 Å². The van der Waals surface area contributed by atoms with Crippen molar-refractivity contribution >= 4 is 11.8 Å². The average Bonchev–Trinajstić information content (AvgIpc) is 2.32. The summed E-state index contributed by atoms with van der Waals surface area (Å²) in [6.07, 6.45) is 2.45. The van der Waals surface area contributed by atoms with Crippen LogP contribution < -0.4 is 5.32 Å². The van der Waals surface area contributed by atoms with E-state index in [1.807, 2.05) is 39.5 Å². The third-order valence-corrected chi connectivity index (χ3v) is 4.13. The van der Waals surface area contributed by atoms with Crippen LogP contribution in [0.15, 0.2) is 0 Å². The zero-order valence-electron chi connectivity index (χ0n) is 13.1. The lowest BCUT2D eigenvalue weighted by molar-refractivity contribution is -0.158. The molecule has 1 rings (SSSR count). The van der Waals surface area contributed by atoms with Crippen LogP contribution in [0.2, 0.25) is 0 Å². The molecule has 2 amide bonds. The normalized spacial score (nSPS) is 24.9. The van der Waals surface area contributed by atoms with Crippen molar-refractivity contribution in [1.82, 2.24) is 10.2 Å². The maximum Gasteiger partial charge on any atom is 0.246 e. The van der Waals surface area contributed by atoms with Gasteiger partial charge < -0.3 is 10.2 Å². The van der Waals surface area contributed by atoms with E-state index < -0.39 is 0 Å². The third-order valence-electron chi connectivity index (χ3n) is 4.13. The van der Waals surface area contributed by atoms with E-state index in [2.05, 4.69) is 12.2 Å². The van der Waals surface area contributed by atoms with Crippen molar-refractivity contribution < 1.29 is 9.59 Å². The second-order valence-electron chi connectivity index (χ2n) is 6.41. The fourth-order valence-corrected chi connectivity index (χ4v) is 2.67. The van der Waals surface area contributed by atoms with Gasteiger partial charge in [-0.15, -0.1) is 0 Å². The van der Waals surface area contributed by atoms with Crippen LogP contribution in [-0.4, -0.2) is 34.3 Å². The molecule has 1 aliphatic heterocycles. The van der Waals surface area contributed by atoms with E-state index in [1.54, 1.807) is 0 Å². The summed E-state index contributed by atoms with van der Waals surface area (Å²) in [6.45, 7) is 12.2. The quantitative estimate of drug-likeness (QED) is 0.832. The Bertz CT molecular complexity index is 350. The molecule has 2 atom stereocenters. The Hall–Kier alpha value is -1.06. The van der Waals surface area contributed by atoms with Crippen molar-refractivity contribution in [2.24, 2.45) is 5.92 Å². The van der Waals surface area contributed by atoms with Crippen LogP contribution in [0.1, 0.15) is 60.8 Å². The molecule has 0 radical (unpaired) electrons. The van der Waals surface area contributed by atoms with Gasteiger partial charge in [-0.2, -0.15) is 0 Å². The molecule has 4 nitrogen and oxygen atoms in total. The molecule has 0 spiro atoms. The van der Waals surface area contributed by atoms with E-state index in [0.717, 1.165) is 12.8 Å². The Morgan fingerprint density at radius 1 is 1.26 bits per heavy atom. The molecule has 1 saturated heterocycles. The lowest BCUT2D eigenvalue weighted by Gasteiger charge is -2.49. The van der Waals surface area contributed by atoms with Gasteiger partial charge in [0.15, 0.2) is 0 Å². The van der Waals surface area contributed by atoms with Crippen LogP contribution in [0.5, 0.6) is 0 Å². The molecule has 1 N–H and O–H groups in total. The predicted molar refractivity (Wildman–Crippen MR) is 76.7 cm³/mol. The predicted octanol–water partition coefficient (Wildman–Crippen LogP) is 2.33. The van der Waals surface area contributed by atoms with E-state index in [-0.39, 0.29) is 35.4 Å². The first kappa shape index (κ1) is 16.0. The molecular formula is C15H28N2O2. The minimum Gasteiger partial charge on any atom is -0.342 e. The maximum absolute atomic E-state index is 12.7. The van der Waals surface area contributed by atoms with Crippen LogP contribution in [-0.2, 0) is 9.59 Å². The van der Waals surface area contributed by atoms with Crippen LogP contribution in [0, 0.1) is 5.92 Å². The molecule has 0 aromatic heterocycles. The highest BCUT2D eigenvalue weighted by atomic mass is 16.2. The van der Waals surface area contributed by atoms with E-state index in [0.29, 0.717) is 6.42 Å². The fourth-order valence-electron chi connectivity index (χ4n) is 2.67. The van der Waals surface area contributed by atoms with Crippen LogP contribution in [0.3, 0.4) is 0 Å². The topological polar surface area (TPSA) is 49.4 Å². The lowest BCUT2D eigenvalue weighted by atomic mass is 9.88. The van der Waals surface area contributed by atoms with E-state index in [4.69, 9.17) is 0 Å². The van der Waals surface area contributed by atoms with Gasteiger partial charge in [0, 0.05) is 5.54 Å². The standard InChI is InChI=1S/C15H28N2O2/c1-7-9-11-14(19)17(15(5,6)8-2)12(10(3)4)13(18)16-11/h10-12H,7-9H2,1-6H3,(H,16,18). The van der Waals surface area contributed by atoms with Crippen molar-refractivity contribution in [3.05, 3.63) is 0 Å². The van der Waals surface area contributed by atoms with Gasteiger partial charge in [0.25, 0.3) is 0 Å². The molecular weight excluding hydrogens is 240 g/mol. The molecule has 0 saturated carbocycles. The Kier molecular flexibility index (Phi) is 4.99. The Morgan fingerprint density at radius 2 is 1.84 bits per heavy atom. The van der Waals surface area contributed by atoms with Gasteiger partial charge in [0.1, 0.15) is 12.1 Å². The van der Waals surface area contributed by atoms with E-state index >= 15 is 0 Å². The highest BCUT2D eigenvalue weighted by Crippen LogP contribution is 2.29. The van der Waals surface area contributed by atoms with Gasteiger partial charge in [-0.05, 0) is 32.6 Å². The van der Waals surface area contributed by atoms with Gasteiger partial charge in [0.2, 0.25) is 11.8 Å². The molecule has 0 aliphatic carbocycles. The number of nitrogens with one attached hydrogen (secondary N) is 1. The van der Waals surface area contributed by atoms with Crippen molar-refractivity contribution in [3.8, 4) is 0 Å². The maximum atomic E-state index is 12.7. The fraction of sp³-hybridized carbons (Fsp3) is 0.867. The number of amides is 2. The summed E-state index contributed by atoms with van der Waals surface area (Å²) in [5.74, 6) is 0.193. The summed E-state index contributed by atoms with van der Waals surface area (Å²) in [4.78, 5) is 26.9. The zero-order valence-corrected chi connectivity index (χ0v) is 13.1. The van der Waals surface area contributed by atoms with Crippen LogP contribution >= 0.6 is 0 Å². The lowest BCUT2D eigenvalue weighted by Crippen LogP contribution is -2.69. The summed E-state index contributed by atoms with van der Waals surface area (Å²) >= 11 is 0. The molecule has 4 heteroatoms. The van der Waals surface area contributed by atoms with Gasteiger partial charge in [-0.1, -0.05) is 34.1 Å². The monoisotopic (exact) mass is 268 g/mol. The molecule has 110 valence electrons. The van der Waals surface area contributed by atoms with Gasteiger partial charge >= 0.3 is 0 Å². The minimum atomic E-state index is -0.351. The van der Waals surface area contributed by atoms with Crippen molar-refractivity contribution in [2.75, 3.05) is 0 Å². The van der Waals surface area contributed by atoms with Gasteiger partial charge in [-0.3, -0.25) is 9.59 Å². The third kappa shape index (κ3) is 3.10. The molecule has 0 bridgehead atoms. The highest BCUT2D eigenvalue weighted by molar-refractivity contribution is 5.97. The number of piperazine rings is 1. The summed E-state index contributed by atoms with van der Waals surface area (Å²) in [7, 11) is 0. The second kappa shape index (κ2) is 5.93. The number of rotatable bonds is 5. The van der Waals surface area contributed by atoms with Gasteiger partial charge in [-0.25, -0.2) is 0 Å². The number of nitrogens with zero attached hydrogens (tertiary/aromatic N) is 1. The first-order chi connectivity index (χ1) is 8.76. The molecule has 1 fully saturated rings. The van der Waals surface area contributed by atoms with Crippen molar-refractivity contribution in [1.29, 1.82) is 0 Å². The minimum absolute atomic E-state index is 0.00502. The molecule has 19 heavy (non-hydrogen) atoms. The summed E-state index contributed by atoms with van der Waals surface area (Å²) < 4.78 is 0.